The maximum atomic E-state index is 12.9. The van der Waals surface area contributed by atoms with E-state index >= 15 is 0 Å². The summed E-state index contributed by atoms with van der Waals surface area (Å²) in [6.07, 6.45) is 2.32. The molecule has 0 saturated carbocycles. The third-order valence-corrected chi connectivity index (χ3v) is 10.6. The van der Waals surface area contributed by atoms with Crippen LogP contribution in [-0.2, 0) is 19.8 Å². The van der Waals surface area contributed by atoms with Crippen LogP contribution in [-0.4, -0.2) is 89.6 Å². The second-order valence-corrected chi connectivity index (χ2v) is 14.6. The fourth-order valence-corrected chi connectivity index (χ4v) is 7.40. The Morgan fingerprint density at radius 2 is 1.63 bits per heavy atom. The van der Waals surface area contributed by atoms with E-state index in [1.54, 1.807) is 57.9 Å². The lowest BCUT2D eigenvalue weighted by molar-refractivity contribution is -0.0991. The molecule has 3 heterocycles. The Morgan fingerprint density at radius 1 is 0.980 bits per heavy atom. The van der Waals surface area contributed by atoms with Gasteiger partial charge in [0.2, 0.25) is 5.95 Å². The van der Waals surface area contributed by atoms with Crippen LogP contribution in [0.15, 0.2) is 95.0 Å². The number of fused-ring (bicyclic) bond motifs is 1. The molecule has 1 aliphatic heterocycles. The van der Waals surface area contributed by atoms with E-state index in [4.69, 9.17) is 23.7 Å². The number of nitrogens with one attached hydrogen (secondary N) is 1. The van der Waals surface area contributed by atoms with Crippen molar-refractivity contribution >= 4 is 45.0 Å². The molecule has 1 fully saturated rings. The van der Waals surface area contributed by atoms with E-state index in [0.29, 0.717) is 18.0 Å². The Balaban J connectivity index is 1.38. The lowest BCUT2D eigenvalue weighted by atomic mass is 9.80. The summed E-state index contributed by atoms with van der Waals surface area (Å²) in [5.74, 6) is 3.09. The van der Waals surface area contributed by atoms with Gasteiger partial charge >= 0.3 is 0 Å². The SMILES string of the molecule is CCSSCOC1C[C@H](n2cnc3c(=O)[nH]c(N=CN(C)C)nc32)O[C@@H]1COC(c1ccccc1)(c1ccc(OC)cc1)c1ccc(OC)cc1. The molecule has 2 aromatic heterocycles. The Bertz CT molecular complexity index is 1910. The Morgan fingerprint density at radius 3 is 2.24 bits per heavy atom. The number of imidazole rings is 1. The average Bonchev–Trinajstić information content (AvgIpc) is 3.78. The van der Waals surface area contributed by atoms with E-state index in [0.717, 1.165) is 33.9 Å². The van der Waals surface area contributed by atoms with Gasteiger partial charge in [0.25, 0.3) is 5.56 Å². The minimum atomic E-state index is -1.03. The first kappa shape index (κ1) is 36.5. The number of ether oxygens (including phenoxy) is 5. The molecule has 12 nitrogen and oxygen atoms in total. The average molecular weight is 731 g/mol. The summed E-state index contributed by atoms with van der Waals surface area (Å²) < 4.78 is 33.2. The number of benzene rings is 3. The lowest BCUT2D eigenvalue weighted by Crippen LogP contribution is -2.38. The highest BCUT2D eigenvalue weighted by atomic mass is 33.1. The van der Waals surface area contributed by atoms with Crippen LogP contribution in [0.4, 0.5) is 5.95 Å². The zero-order chi connectivity index (χ0) is 35.8. The van der Waals surface area contributed by atoms with E-state index in [1.165, 1.54) is 0 Å². The molecular weight excluding hydrogens is 689 g/mol. The number of H-pyrrole nitrogens is 1. The minimum Gasteiger partial charge on any atom is -0.497 e. The van der Waals surface area contributed by atoms with Crippen molar-refractivity contribution in [2.75, 3.05) is 46.6 Å². The third-order valence-electron chi connectivity index (χ3n) is 8.49. The minimum absolute atomic E-state index is 0.174. The van der Waals surface area contributed by atoms with E-state index in [1.807, 2.05) is 80.8 Å². The summed E-state index contributed by atoms with van der Waals surface area (Å²) in [6, 6.07) is 26.0. The summed E-state index contributed by atoms with van der Waals surface area (Å²) in [7, 11) is 10.4. The standard InChI is InChI=1S/C37H42N6O6S2/c1-6-50-51-24-47-30-20-32(43-23-38-33-34(43)40-36(41-35(33)44)39-22-42(2)3)49-31(30)21-48-37(25-10-8-7-9-11-25,26-12-16-28(45-4)17-13-26)27-14-18-29(46-5)19-15-27/h7-19,22-23,30-32H,6,20-21,24H2,1-5H3,(H,40,41,44)/t30?,31-,32-/m1/s1. The predicted molar refractivity (Wildman–Crippen MR) is 202 cm³/mol. The zero-order valence-electron chi connectivity index (χ0n) is 29.2. The van der Waals surface area contributed by atoms with Gasteiger partial charge in [0.1, 0.15) is 35.4 Å². The number of aliphatic imine (C=N–C) groups is 1. The Labute approximate surface area is 304 Å². The van der Waals surface area contributed by atoms with Gasteiger partial charge in [-0.2, -0.15) is 4.98 Å². The molecule has 268 valence electrons. The summed E-state index contributed by atoms with van der Waals surface area (Å²) >= 11 is 0. The second-order valence-electron chi connectivity index (χ2n) is 11.9. The Hall–Kier alpha value is -4.34. The smallest absolute Gasteiger partial charge is 0.280 e. The molecule has 3 atom stereocenters. The van der Waals surface area contributed by atoms with Crippen LogP contribution in [0, 0.1) is 0 Å². The molecule has 1 unspecified atom stereocenters. The number of hydrogen-bond acceptors (Lipinski definition) is 11. The van der Waals surface area contributed by atoms with Crippen molar-refractivity contribution in [3.05, 3.63) is 112 Å². The van der Waals surface area contributed by atoms with Crippen molar-refractivity contribution in [2.24, 2.45) is 4.99 Å². The van der Waals surface area contributed by atoms with Crippen LogP contribution in [0.3, 0.4) is 0 Å². The van der Waals surface area contributed by atoms with Crippen LogP contribution in [0.1, 0.15) is 36.3 Å². The van der Waals surface area contributed by atoms with Crippen molar-refractivity contribution in [3.63, 3.8) is 0 Å². The molecule has 0 amide bonds. The number of methoxy groups -OCH3 is 2. The second kappa shape index (κ2) is 16.8. The largest absolute Gasteiger partial charge is 0.497 e. The predicted octanol–water partition coefficient (Wildman–Crippen LogP) is 6.40. The van der Waals surface area contributed by atoms with Crippen molar-refractivity contribution in [1.82, 2.24) is 24.4 Å². The van der Waals surface area contributed by atoms with Gasteiger partial charge in [0.05, 0.1) is 39.6 Å². The molecule has 3 aromatic carbocycles. The highest BCUT2D eigenvalue weighted by Crippen LogP contribution is 2.43. The van der Waals surface area contributed by atoms with E-state index in [-0.39, 0.29) is 29.7 Å². The van der Waals surface area contributed by atoms with Crippen LogP contribution < -0.4 is 15.0 Å². The summed E-state index contributed by atoms with van der Waals surface area (Å²) in [5.41, 5.74) is 1.94. The number of rotatable bonds is 16. The molecule has 1 saturated heterocycles. The third kappa shape index (κ3) is 8.10. The number of aromatic nitrogens is 4. The number of hydrogen-bond donors (Lipinski definition) is 1. The molecule has 1 aliphatic rings. The first-order chi connectivity index (χ1) is 24.9. The zero-order valence-corrected chi connectivity index (χ0v) is 30.9. The van der Waals surface area contributed by atoms with Gasteiger partial charge in [-0.25, -0.2) is 9.98 Å². The molecule has 0 spiro atoms. The summed E-state index contributed by atoms with van der Waals surface area (Å²) in [4.78, 5) is 30.7. The molecule has 6 rings (SSSR count). The fourth-order valence-electron chi connectivity index (χ4n) is 6.07. The van der Waals surface area contributed by atoms with Gasteiger partial charge in [0, 0.05) is 26.3 Å². The topological polar surface area (TPSA) is 125 Å². The van der Waals surface area contributed by atoms with Crippen molar-refractivity contribution in [3.8, 4) is 11.5 Å². The maximum Gasteiger partial charge on any atom is 0.280 e. The van der Waals surface area contributed by atoms with Gasteiger partial charge in [-0.15, -0.1) is 0 Å². The van der Waals surface area contributed by atoms with Gasteiger partial charge in [-0.1, -0.05) is 83.1 Å². The molecule has 1 N–H and O–H groups in total. The Kier molecular flexibility index (Phi) is 12.0. The number of aromatic amines is 1. The lowest BCUT2D eigenvalue weighted by Gasteiger charge is -2.37. The van der Waals surface area contributed by atoms with E-state index in [9.17, 15) is 4.79 Å². The van der Waals surface area contributed by atoms with Gasteiger partial charge in [-0.05, 0) is 41.0 Å². The highest BCUT2D eigenvalue weighted by Gasteiger charge is 2.43. The normalized spacial score (nSPS) is 17.7. The van der Waals surface area contributed by atoms with Crippen LogP contribution in [0.5, 0.6) is 11.5 Å². The molecule has 0 aliphatic carbocycles. The van der Waals surface area contributed by atoms with Crippen LogP contribution >= 0.6 is 21.6 Å². The first-order valence-corrected chi connectivity index (χ1v) is 19.0. The van der Waals surface area contributed by atoms with E-state index in [2.05, 4.69) is 39.0 Å². The van der Waals surface area contributed by atoms with Crippen molar-refractivity contribution in [1.29, 1.82) is 0 Å². The van der Waals surface area contributed by atoms with Crippen LogP contribution in [0.2, 0.25) is 0 Å². The monoisotopic (exact) mass is 730 g/mol. The molecule has 5 aromatic rings. The molecular formula is C37H42N6O6S2. The maximum absolute atomic E-state index is 12.9. The van der Waals surface area contributed by atoms with Crippen molar-refractivity contribution in [2.45, 2.75) is 37.4 Å². The van der Waals surface area contributed by atoms with Gasteiger partial charge < -0.3 is 28.6 Å². The van der Waals surface area contributed by atoms with Gasteiger partial charge in [0.15, 0.2) is 11.2 Å². The first-order valence-electron chi connectivity index (χ1n) is 16.5. The molecule has 0 bridgehead atoms. The quantitative estimate of drug-likeness (QED) is 0.0303. The molecule has 0 radical (unpaired) electrons. The van der Waals surface area contributed by atoms with Crippen molar-refractivity contribution < 1.29 is 23.7 Å². The summed E-state index contributed by atoms with van der Waals surface area (Å²) in [5, 5.41) is 0. The molecule has 14 heteroatoms. The van der Waals surface area contributed by atoms with Crippen LogP contribution in [0.25, 0.3) is 11.2 Å². The van der Waals surface area contributed by atoms with E-state index < -0.39 is 17.9 Å². The summed E-state index contributed by atoms with van der Waals surface area (Å²) in [6.45, 7) is 2.29. The highest BCUT2D eigenvalue weighted by molar-refractivity contribution is 8.76. The fraction of sp³-hybridized carbons (Fsp3) is 0.351. The van der Waals surface area contributed by atoms with Gasteiger partial charge in [-0.3, -0.25) is 14.3 Å². The number of nitrogens with zero attached hydrogens (tertiary/aromatic N) is 5. The molecule has 51 heavy (non-hydrogen) atoms.